The van der Waals surface area contributed by atoms with Crippen molar-refractivity contribution in [2.24, 2.45) is 0 Å². The van der Waals surface area contributed by atoms with E-state index in [-0.39, 0.29) is 0 Å². The molecule has 0 saturated heterocycles. The maximum absolute atomic E-state index is 4.44. The minimum absolute atomic E-state index is 0.655. The summed E-state index contributed by atoms with van der Waals surface area (Å²) in [4.78, 5) is 5.77. The van der Waals surface area contributed by atoms with Crippen molar-refractivity contribution < 1.29 is 0 Å². The van der Waals surface area contributed by atoms with Crippen molar-refractivity contribution in [1.82, 2.24) is 14.6 Å². The van der Waals surface area contributed by atoms with Crippen LogP contribution in [-0.4, -0.2) is 21.1 Å². The van der Waals surface area contributed by atoms with Crippen LogP contribution >= 0.6 is 43.2 Å². The molecule has 3 rings (SSSR count). The monoisotopic (exact) mass is 400 g/mol. The minimum atomic E-state index is 0.655. The number of hydrogen-bond donors (Lipinski definition) is 1. The van der Waals surface area contributed by atoms with Gasteiger partial charge in [-0.25, -0.2) is 4.52 Å². The fourth-order valence-corrected chi connectivity index (χ4v) is 3.64. The Hall–Kier alpha value is -0.920. The first-order chi connectivity index (χ1) is 9.22. The second kappa shape index (κ2) is 5.60. The lowest BCUT2D eigenvalue weighted by Gasteiger charge is -1.98. The fraction of sp³-hybridized carbons (Fsp3) is 0.167. The Balaban J connectivity index is 1.67. The smallest absolute Gasteiger partial charge is 0.243 e. The van der Waals surface area contributed by atoms with Crippen molar-refractivity contribution in [1.29, 1.82) is 0 Å². The van der Waals surface area contributed by atoms with Gasteiger partial charge in [0.2, 0.25) is 5.95 Å². The maximum Gasteiger partial charge on any atom is 0.243 e. The molecule has 4 nitrogen and oxygen atoms in total. The van der Waals surface area contributed by atoms with Gasteiger partial charge >= 0.3 is 0 Å². The van der Waals surface area contributed by atoms with E-state index in [1.807, 2.05) is 18.3 Å². The summed E-state index contributed by atoms with van der Waals surface area (Å²) < 4.78 is 3.86. The molecule has 0 bridgehead atoms. The molecule has 3 aromatic rings. The van der Waals surface area contributed by atoms with Crippen LogP contribution in [0, 0.1) is 0 Å². The Morgan fingerprint density at radius 3 is 2.89 bits per heavy atom. The molecule has 0 aliphatic heterocycles. The molecule has 1 N–H and O–H groups in total. The van der Waals surface area contributed by atoms with E-state index in [4.69, 9.17) is 0 Å². The molecule has 0 amide bonds. The van der Waals surface area contributed by atoms with Gasteiger partial charge in [-0.2, -0.15) is 4.98 Å². The van der Waals surface area contributed by atoms with E-state index in [1.54, 1.807) is 15.9 Å². The normalized spacial score (nSPS) is 11.1. The van der Waals surface area contributed by atoms with Gasteiger partial charge in [0.15, 0.2) is 5.65 Å². The standard InChI is InChI=1S/C12H10Br2N4S/c13-9-2-1-7-18-11(9)16-12(17-18)15-6-5-8-3-4-10(14)19-8/h1-4,7H,5-6H2,(H,15,17). The molecule has 3 heterocycles. The number of aromatic nitrogens is 3. The summed E-state index contributed by atoms with van der Waals surface area (Å²) in [5, 5.41) is 7.62. The van der Waals surface area contributed by atoms with Crippen molar-refractivity contribution in [3.63, 3.8) is 0 Å². The zero-order valence-corrected chi connectivity index (χ0v) is 13.8. The number of fused-ring (bicyclic) bond motifs is 1. The largest absolute Gasteiger partial charge is 0.353 e. The van der Waals surface area contributed by atoms with Gasteiger partial charge in [0.05, 0.1) is 8.26 Å². The molecule has 0 atom stereocenters. The lowest BCUT2D eigenvalue weighted by molar-refractivity contribution is 0.940. The van der Waals surface area contributed by atoms with Crippen molar-refractivity contribution in [3.05, 3.63) is 43.6 Å². The topological polar surface area (TPSA) is 42.2 Å². The highest BCUT2D eigenvalue weighted by molar-refractivity contribution is 9.11. The number of pyridine rings is 1. The Labute approximate surface area is 131 Å². The van der Waals surface area contributed by atoms with Gasteiger partial charge in [-0.3, -0.25) is 0 Å². The third-order valence-corrected chi connectivity index (χ3v) is 4.90. The summed E-state index contributed by atoms with van der Waals surface area (Å²) in [6.07, 6.45) is 2.85. The molecule has 0 fully saturated rings. The lowest BCUT2D eigenvalue weighted by Crippen LogP contribution is -2.05. The van der Waals surface area contributed by atoms with E-state index in [1.165, 1.54) is 4.88 Å². The van der Waals surface area contributed by atoms with Crippen molar-refractivity contribution in [3.8, 4) is 0 Å². The van der Waals surface area contributed by atoms with Crippen LogP contribution in [0.4, 0.5) is 5.95 Å². The van der Waals surface area contributed by atoms with Gasteiger partial charge in [-0.15, -0.1) is 16.4 Å². The van der Waals surface area contributed by atoms with E-state index < -0.39 is 0 Å². The molecular weight excluding hydrogens is 392 g/mol. The minimum Gasteiger partial charge on any atom is -0.353 e. The van der Waals surface area contributed by atoms with E-state index in [0.29, 0.717) is 5.95 Å². The molecular formula is C12H10Br2N4S. The molecule has 0 saturated carbocycles. The van der Waals surface area contributed by atoms with E-state index in [9.17, 15) is 0 Å². The van der Waals surface area contributed by atoms with Gasteiger partial charge in [-0.05, 0) is 62.5 Å². The summed E-state index contributed by atoms with van der Waals surface area (Å²) in [7, 11) is 0. The number of anilines is 1. The molecule has 0 aliphatic carbocycles. The highest BCUT2D eigenvalue weighted by atomic mass is 79.9. The molecule has 7 heteroatoms. The van der Waals surface area contributed by atoms with Gasteiger partial charge in [0.1, 0.15) is 0 Å². The molecule has 0 aliphatic rings. The zero-order valence-electron chi connectivity index (χ0n) is 9.81. The quantitative estimate of drug-likeness (QED) is 0.719. The second-order valence-corrected chi connectivity index (χ2v) is 7.34. The molecule has 98 valence electrons. The molecule has 19 heavy (non-hydrogen) atoms. The predicted molar refractivity (Wildman–Crippen MR) is 84.9 cm³/mol. The second-order valence-electron chi connectivity index (χ2n) is 3.94. The Morgan fingerprint density at radius 2 is 2.16 bits per heavy atom. The van der Waals surface area contributed by atoms with Crippen LogP contribution in [-0.2, 0) is 6.42 Å². The first-order valence-corrected chi connectivity index (χ1v) is 8.11. The lowest BCUT2D eigenvalue weighted by atomic mass is 10.3. The first kappa shape index (κ1) is 13.1. The van der Waals surface area contributed by atoms with Crippen LogP contribution in [0.15, 0.2) is 38.7 Å². The Morgan fingerprint density at radius 1 is 1.26 bits per heavy atom. The predicted octanol–water partition coefficient (Wildman–Crippen LogP) is 3.97. The number of thiophene rings is 1. The molecule has 3 aromatic heterocycles. The first-order valence-electron chi connectivity index (χ1n) is 5.71. The maximum atomic E-state index is 4.44. The van der Waals surface area contributed by atoms with Crippen molar-refractivity contribution in [2.45, 2.75) is 6.42 Å². The van der Waals surface area contributed by atoms with Crippen molar-refractivity contribution in [2.75, 3.05) is 11.9 Å². The van der Waals surface area contributed by atoms with Gasteiger partial charge in [0, 0.05) is 17.6 Å². The average molecular weight is 402 g/mol. The van der Waals surface area contributed by atoms with E-state index in [0.717, 1.165) is 26.9 Å². The highest BCUT2D eigenvalue weighted by Gasteiger charge is 2.05. The SMILES string of the molecule is Brc1ccc(CCNc2nc3c(Br)cccn3n2)s1. The van der Waals surface area contributed by atoms with Crippen LogP contribution in [0.2, 0.25) is 0 Å². The molecule has 0 spiro atoms. The van der Waals surface area contributed by atoms with Crippen LogP contribution in [0.3, 0.4) is 0 Å². The number of halogens is 2. The van der Waals surface area contributed by atoms with E-state index >= 15 is 0 Å². The number of nitrogens with zero attached hydrogens (tertiary/aromatic N) is 3. The number of nitrogens with one attached hydrogen (secondary N) is 1. The Bertz CT molecular complexity index is 707. The summed E-state index contributed by atoms with van der Waals surface area (Å²) >= 11 is 8.68. The third kappa shape index (κ3) is 2.98. The summed E-state index contributed by atoms with van der Waals surface area (Å²) in [5.41, 5.74) is 0.823. The third-order valence-electron chi connectivity index (χ3n) is 2.60. The zero-order chi connectivity index (χ0) is 13.2. The van der Waals surface area contributed by atoms with Gasteiger partial charge in [0.25, 0.3) is 0 Å². The van der Waals surface area contributed by atoms with Crippen LogP contribution in [0.5, 0.6) is 0 Å². The van der Waals surface area contributed by atoms with Gasteiger partial charge < -0.3 is 5.32 Å². The fourth-order valence-electron chi connectivity index (χ4n) is 1.73. The van der Waals surface area contributed by atoms with Crippen LogP contribution in [0.1, 0.15) is 4.88 Å². The van der Waals surface area contributed by atoms with Crippen molar-refractivity contribution >= 4 is 54.8 Å². The van der Waals surface area contributed by atoms with Crippen LogP contribution in [0.25, 0.3) is 5.65 Å². The summed E-state index contributed by atoms with van der Waals surface area (Å²) in [5.74, 6) is 0.655. The Kier molecular flexibility index (Phi) is 3.86. The number of rotatable bonds is 4. The summed E-state index contributed by atoms with van der Waals surface area (Å²) in [6.45, 7) is 0.821. The highest BCUT2D eigenvalue weighted by Crippen LogP contribution is 2.22. The molecule has 0 aromatic carbocycles. The molecule has 0 unspecified atom stereocenters. The summed E-state index contributed by atoms with van der Waals surface area (Å²) in [6, 6.07) is 8.08. The van der Waals surface area contributed by atoms with E-state index in [2.05, 4.69) is 59.4 Å². The molecule has 0 radical (unpaired) electrons. The van der Waals surface area contributed by atoms with Gasteiger partial charge in [-0.1, -0.05) is 0 Å². The van der Waals surface area contributed by atoms with Crippen LogP contribution < -0.4 is 5.32 Å². The number of hydrogen-bond acceptors (Lipinski definition) is 4. The average Bonchev–Trinajstić information content (AvgIpc) is 2.97.